The minimum atomic E-state index is -4.44. The number of alkyl halides is 4. The second-order valence-corrected chi connectivity index (χ2v) is 3.68. The number of nitro groups is 1. The van der Waals surface area contributed by atoms with Gasteiger partial charge in [0.25, 0.3) is 5.69 Å². The lowest BCUT2D eigenvalue weighted by Gasteiger charge is -2.11. The molecule has 1 aromatic carbocycles. The number of hydrogen-bond donors (Lipinski definition) is 0. The summed E-state index contributed by atoms with van der Waals surface area (Å²) in [5.41, 5.74) is 0.116. The van der Waals surface area contributed by atoms with Crippen molar-refractivity contribution in [1.29, 1.82) is 0 Å². The zero-order chi connectivity index (χ0) is 14.5. The van der Waals surface area contributed by atoms with Gasteiger partial charge in [-0.3, -0.25) is 10.1 Å². The Morgan fingerprint density at radius 3 is 2.58 bits per heavy atom. The number of benzene rings is 1. The third-order valence-corrected chi connectivity index (χ3v) is 2.25. The molecule has 0 saturated carbocycles. The summed E-state index contributed by atoms with van der Waals surface area (Å²) in [6, 6.07) is 3.61. The molecular formula is C10H9ClF3NO4. The molecule has 19 heavy (non-hydrogen) atoms. The molecule has 9 heteroatoms. The molecule has 0 heterocycles. The summed E-state index contributed by atoms with van der Waals surface area (Å²) in [7, 11) is 0. The van der Waals surface area contributed by atoms with Gasteiger partial charge in [0.15, 0.2) is 6.79 Å². The Morgan fingerprint density at radius 2 is 2.05 bits per heavy atom. The van der Waals surface area contributed by atoms with Gasteiger partial charge < -0.3 is 9.47 Å². The SMILES string of the molecule is O=[N+]([O-])c1ccc(OCOCC(F)(F)F)c(CCl)c1. The molecule has 0 fully saturated rings. The summed E-state index contributed by atoms with van der Waals surface area (Å²) in [6.45, 7) is -2.06. The Kier molecular flexibility index (Phi) is 5.37. The van der Waals surface area contributed by atoms with Crippen LogP contribution in [-0.4, -0.2) is 24.5 Å². The van der Waals surface area contributed by atoms with Crippen molar-refractivity contribution in [3.05, 3.63) is 33.9 Å². The van der Waals surface area contributed by atoms with Gasteiger partial charge in [0, 0.05) is 17.7 Å². The highest BCUT2D eigenvalue weighted by Crippen LogP contribution is 2.25. The first-order valence-corrected chi connectivity index (χ1v) is 5.47. The number of ether oxygens (including phenoxy) is 2. The van der Waals surface area contributed by atoms with Crippen molar-refractivity contribution in [2.24, 2.45) is 0 Å². The minimum Gasteiger partial charge on any atom is -0.467 e. The molecule has 0 saturated heterocycles. The van der Waals surface area contributed by atoms with E-state index in [0.717, 1.165) is 6.07 Å². The van der Waals surface area contributed by atoms with Crippen molar-refractivity contribution in [1.82, 2.24) is 0 Å². The summed E-state index contributed by atoms with van der Waals surface area (Å²) in [5, 5.41) is 10.5. The quantitative estimate of drug-likeness (QED) is 0.266. The standard InChI is InChI=1S/C10H9ClF3NO4/c11-4-7-3-8(15(16)17)1-2-9(7)19-6-18-5-10(12,13)14/h1-3H,4-6H2. The van der Waals surface area contributed by atoms with E-state index in [1.165, 1.54) is 12.1 Å². The molecule has 0 aliphatic rings. The topological polar surface area (TPSA) is 61.6 Å². The van der Waals surface area contributed by atoms with Crippen LogP contribution in [0.15, 0.2) is 18.2 Å². The van der Waals surface area contributed by atoms with Gasteiger partial charge in [0.05, 0.1) is 10.8 Å². The Morgan fingerprint density at radius 1 is 1.37 bits per heavy atom. The normalized spacial score (nSPS) is 11.4. The zero-order valence-corrected chi connectivity index (χ0v) is 10.2. The van der Waals surface area contributed by atoms with Gasteiger partial charge in [-0.15, -0.1) is 11.6 Å². The highest BCUT2D eigenvalue weighted by atomic mass is 35.5. The van der Waals surface area contributed by atoms with Crippen LogP contribution in [0, 0.1) is 10.1 Å². The Bertz CT molecular complexity index is 453. The van der Waals surface area contributed by atoms with Gasteiger partial charge >= 0.3 is 6.18 Å². The smallest absolute Gasteiger partial charge is 0.411 e. The fraction of sp³-hybridized carbons (Fsp3) is 0.400. The van der Waals surface area contributed by atoms with E-state index >= 15 is 0 Å². The molecular weight excluding hydrogens is 291 g/mol. The minimum absolute atomic E-state index is 0.0731. The summed E-state index contributed by atoms with van der Waals surface area (Å²) < 4.78 is 44.6. The second-order valence-electron chi connectivity index (χ2n) is 3.41. The van der Waals surface area contributed by atoms with Crippen molar-refractivity contribution < 1.29 is 27.6 Å². The van der Waals surface area contributed by atoms with Crippen LogP contribution in [0.3, 0.4) is 0 Å². The van der Waals surface area contributed by atoms with Crippen molar-refractivity contribution in [3.63, 3.8) is 0 Å². The number of nitrogens with zero attached hydrogens (tertiary/aromatic N) is 1. The van der Waals surface area contributed by atoms with E-state index in [2.05, 4.69) is 4.74 Å². The third-order valence-electron chi connectivity index (χ3n) is 1.96. The molecule has 0 spiro atoms. The lowest BCUT2D eigenvalue weighted by atomic mass is 10.2. The molecule has 1 aromatic rings. The highest BCUT2D eigenvalue weighted by Gasteiger charge is 2.27. The predicted octanol–water partition coefficient (Wildman–Crippen LogP) is 3.25. The second kappa shape index (κ2) is 6.58. The van der Waals surface area contributed by atoms with Crippen LogP contribution in [0.5, 0.6) is 5.75 Å². The van der Waals surface area contributed by atoms with Crippen LogP contribution in [0.25, 0.3) is 0 Å². The predicted molar refractivity (Wildman–Crippen MR) is 60.2 cm³/mol. The van der Waals surface area contributed by atoms with E-state index in [1.807, 2.05) is 0 Å². The summed E-state index contributed by atoms with van der Waals surface area (Å²) in [6.07, 6.45) is -4.44. The Labute approximate surface area is 111 Å². The fourth-order valence-electron chi connectivity index (χ4n) is 1.19. The third kappa shape index (κ3) is 5.31. The van der Waals surface area contributed by atoms with Crippen LogP contribution in [-0.2, 0) is 10.6 Å². The zero-order valence-electron chi connectivity index (χ0n) is 9.45. The van der Waals surface area contributed by atoms with Gasteiger partial charge in [-0.25, -0.2) is 0 Å². The van der Waals surface area contributed by atoms with E-state index in [9.17, 15) is 23.3 Å². The van der Waals surface area contributed by atoms with Crippen molar-refractivity contribution in [2.75, 3.05) is 13.4 Å². The Balaban J connectivity index is 2.61. The van der Waals surface area contributed by atoms with Crippen molar-refractivity contribution in [3.8, 4) is 5.75 Å². The van der Waals surface area contributed by atoms with E-state index < -0.39 is 24.5 Å². The number of rotatable bonds is 6. The average Bonchev–Trinajstić information content (AvgIpc) is 2.33. The number of halogens is 4. The van der Waals surface area contributed by atoms with Crippen molar-refractivity contribution in [2.45, 2.75) is 12.1 Å². The summed E-state index contributed by atoms with van der Waals surface area (Å²) >= 11 is 5.57. The maximum Gasteiger partial charge on any atom is 0.411 e. The van der Waals surface area contributed by atoms with Crippen LogP contribution in [0.1, 0.15) is 5.56 Å². The molecule has 0 N–H and O–H groups in total. The molecule has 106 valence electrons. The maximum atomic E-state index is 11.8. The van der Waals surface area contributed by atoms with Gasteiger partial charge in [0.1, 0.15) is 12.4 Å². The van der Waals surface area contributed by atoms with Gasteiger partial charge in [-0.2, -0.15) is 13.2 Å². The van der Waals surface area contributed by atoms with Crippen LogP contribution in [0.4, 0.5) is 18.9 Å². The van der Waals surface area contributed by atoms with E-state index in [1.54, 1.807) is 0 Å². The first-order chi connectivity index (χ1) is 8.83. The van der Waals surface area contributed by atoms with Crippen LogP contribution < -0.4 is 4.74 Å². The number of nitro benzene ring substituents is 1. The van der Waals surface area contributed by atoms with Gasteiger partial charge in [0.2, 0.25) is 0 Å². The summed E-state index contributed by atoms with van der Waals surface area (Å²) in [4.78, 5) is 9.91. The monoisotopic (exact) mass is 299 g/mol. The molecule has 0 amide bonds. The van der Waals surface area contributed by atoms with Crippen molar-refractivity contribution >= 4 is 17.3 Å². The molecule has 1 rings (SSSR count). The highest BCUT2D eigenvalue weighted by molar-refractivity contribution is 6.17. The lowest BCUT2D eigenvalue weighted by Crippen LogP contribution is -2.19. The average molecular weight is 300 g/mol. The molecule has 0 unspecified atom stereocenters. The van der Waals surface area contributed by atoms with E-state index in [4.69, 9.17) is 16.3 Å². The maximum absolute atomic E-state index is 11.8. The van der Waals surface area contributed by atoms with Gasteiger partial charge in [-0.05, 0) is 6.07 Å². The fourth-order valence-corrected chi connectivity index (χ4v) is 1.40. The van der Waals surface area contributed by atoms with E-state index in [0.29, 0.717) is 5.56 Å². The van der Waals surface area contributed by atoms with Gasteiger partial charge in [-0.1, -0.05) is 0 Å². The van der Waals surface area contributed by atoms with E-state index in [-0.39, 0.29) is 17.3 Å². The Hall–Kier alpha value is -1.54. The number of hydrogen-bond acceptors (Lipinski definition) is 4. The molecule has 0 aliphatic carbocycles. The molecule has 0 aliphatic heterocycles. The van der Waals surface area contributed by atoms with Crippen LogP contribution >= 0.6 is 11.6 Å². The molecule has 0 radical (unpaired) electrons. The molecule has 5 nitrogen and oxygen atoms in total. The van der Waals surface area contributed by atoms with Crippen LogP contribution in [0.2, 0.25) is 0 Å². The summed E-state index contributed by atoms with van der Waals surface area (Å²) in [5.74, 6) is 0.0683. The number of non-ortho nitro benzene ring substituents is 1. The lowest BCUT2D eigenvalue weighted by molar-refractivity contribution is -0.384. The molecule has 0 bridgehead atoms. The molecule has 0 atom stereocenters. The largest absolute Gasteiger partial charge is 0.467 e. The first-order valence-electron chi connectivity index (χ1n) is 4.94. The molecule has 0 aromatic heterocycles. The first kappa shape index (κ1) is 15.5.